The zero-order chi connectivity index (χ0) is 13.8. The maximum absolute atomic E-state index is 12.9. The summed E-state index contributed by atoms with van der Waals surface area (Å²) in [5.41, 5.74) is 7.57. The molecule has 0 aliphatic carbocycles. The minimum atomic E-state index is -0.363. The molecule has 0 aliphatic heterocycles. The number of nitrogens with one attached hydrogen (secondary N) is 1. The average Bonchev–Trinajstić information content (AvgIpc) is 2.39. The van der Waals surface area contributed by atoms with Crippen molar-refractivity contribution in [3.05, 3.63) is 52.8 Å². The minimum absolute atomic E-state index is 0.353. The molecule has 3 N–H and O–H groups in total. The van der Waals surface area contributed by atoms with E-state index in [0.717, 1.165) is 5.56 Å². The zero-order valence-electron chi connectivity index (χ0n) is 10.4. The average molecular weight is 281 g/mol. The molecule has 3 nitrogen and oxygen atoms in total. The molecule has 0 atom stereocenters. The largest absolute Gasteiger partial charge is 0.496 e. The molecule has 0 aromatic heterocycles. The fourth-order valence-electron chi connectivity index (χ4n) is 1.78. The lowest BCUT2D eigenvalue weighted by Gasteiger charge is -2.13. The summed E-state index contributed by atoms with van der Waals surface area (Å²) in [6.45, 7) is 0.443. The second kappa shape index (κ2) is 5.80. The summed E-state index contributed by atoms with van der Waals surface area (Å²) in [6, 6.07) is 9.64. The standard InChI is InChI=1S/C14H14ClFN2O/c1-19-14-4-2-3-11(15)10(14)8-18-13-6-5-9(16)7-12(13)17/h2-7,18H,8,17H2,1H3. The van der Waals surface area contributed by atoms with Crippen molar-refractivity contribution in [3.8, 4) is 5.75 Å². The Kier molecular flexibility index (Phi) is 4.12. The first-order chi connectivity index (χ1) is 9.11. The quantitative estimate of drug-likeness (QED) is 0.840. The Morgan fingerprint density at radius 3 is 2.79 bits per heavy atom. The summed E-state index contributed by atoms with van der Waals surface area (Å²) < 4.78 is 18.2. The summed E-state index contributed by atoms with van der Waals surface area (Å²) in [4.78, 5) is 0. The van der Waals surface area contributed by atoms with Crippen molar-refractivity contribution < 1.29 is 9.13 Å². The number of nitrogens with two attached hydrogens (primary N) is 1. The Morgan fingerprint density at radius 1 is 1.32 bits per heavy atom. The van der Waals surface area contributed by atoms with E-state index in [0.29, 0.717) is 28.7 Å². The molecule has 100 valence electrons. The molecule has 0 unspecified atom stereocenters. The number of nitrogen functional groups attached to an aromatic ring is 1. The SMILES string of the molecule is COc1cccc(Cl)c1CNc1ccc(F)cc1N. The molecule has 2 aromatic rings. The number of hydrogen-bond donors (Lipinski definition) is 2. The molecule has 0 saturated carbocycles. The third-order valence-corrected chi connectivity index (χ3v) is 3.12. The van der Waals surface area contributed by atoms with E-state index in [1.54, 1.807) is 19.2 Å². The van der Waals surface area contributed by atoms with E-state index < -0.39 is 0 Å². The molecular weight excluding hydrogens is 267 g/mol. The van der Waals surface area contributed by atoms with Crippen LogP contribution >= 0.6 is 11.6 Å². The van der Waals surface area contributed by atoms with Crippen molar-refractivity contribution >= 4 is 23.0 Å². The van der Waals surface area contributed by atoms with Crippen LogP contribution < -0.4 is 15.8 Å². The van der Waals surface area contributed by atoms with Gasteiger partial charge in [-0.2, -0.15) is 0 Å². The summed E-state index contributed by atoms with van der Waals surface area (Å²) in [5.74, 6) is 0.332. The monoisotopic (exact) mass is 280 g/mol. The second-order valence-electron chi connectivity index (χ2n) is 4.01. The molecule has 0 fully saturated rings. The molecule has 19 heavy (non-hydrogen) atoms. The fourth-order valence-corrected chi connectivity index (χ4v) is 2.01. The number of halogens is 2. The maximum Gasteiger partial charge on any atom is 0.125 e. The topological polar surface area (TPSA) is 47.3 Å². The summed E-state index contributed by atoms with van der Waals surface area (Å²) in [6.07, 6.45) is 0. The van der Waals surface area contributed by atoms with E-state index in [1.165, 1.54) is 12.1 Å². The number of methoxy groups -OCH3 is 1. The highest BCUT2D eigenvalue weighted by Gasteiger charge is 2.08. The smallest absolute Gasteiger partial charge is 0.125 e. The predicted molar refractivity (Wildman–Crippen MR) is 76.1 cm³/mol. The van der Waals surface area contributed by atoms with Crippen LogP contribution in [0.5, 0.6) is 5.75 Å². The van der Waals surface area contributed by atoms with Crippen molar-refractivity contribution in [2.45, 2.75) is 6.54 Å². The van der Waals surface area contributed by atoms with Crippen LogP contribution in [-0.4, -0.2) is 7.11 Å². The van der Waals surface area contributed by atoms with Gasteiger partial charge in [0.05, 0.1) is 18.5 Å². The lowest BCUT2D eigenvalue weighted by Crippen LogP contribution is -2.04. The summed E-state index contributed by atoms with van der Waals surface area (Å²) >= 11 is 6.13. The summed E-state index contributed by atoms with van der Waals surface area (Å²) in [5, 5.41) is 3.72. The fraction of sp³-hybridized carbons (Fsp3) is 0.143. The van der Waals surface area contributed by atoms with Gasteiger partial charge in [-0.25, -0.2) is 4.39 Å². The first-order valence-electron chi connectivity index (χ1n) is 5.72. The highest BCUT2D eigenvalue weighted by Crippen LogP contribution is 2.28. The molecule has 0 saturated heterocycles. The molecule has 0 aliphatic rings. The normalized spacial score (nSPS) is 10.3. The van der Waals surface area contributed by atoms with Crippen LogP contribution in [0.1, 0.15) is 5.56 Å². The third kappa shape index (κ3) is 3.09. The Morgan fingerprint density at radius 2 is 2.11 bits per heavy atom. The van der Waals surface area contributed by atoms with Crippen LogP contribution in [0.2, 0.25) is 5.02 Å². The van der Waals surface area contributed by atoms with Gasteiger partial charge in [-0.15, -0.1) is 0 Å². The second-order valence-corrected chi connectivity index (χ2v) is 4.41. The van der Waals surface area contributed by atoms with Gasteiger partial charge in [0, 0.05) is 17.1 Å². The van der Waals surface area contributed by atoms with Crippen LogP contribution in [0.4, 0.5) is 15.8 Å². The van der Waals surface area contributed by atoms with Crippen molar-refractivity contribution in [1.29, 1.82) is 0 Å². The van der Waals surface area contributed by atoms with E-state index >= 15 is 0 Å². The van der Waals surface area contributed by atoms with Crippen LogP contribution in [0.3, 0.4) is 0 Å². The molecule has 0 spiro atoms. The number of benzene rings is 2. The van der Waals surface area contributed by atoms with Gasteiger partial charge in [-0.05, 0) is 30.3 Å². The number of hydrogen-bond acceptors (Lipinski definition) is 3. The van der Waals surface area contributed by atoms with Crippen molar-refractivity contribution in [2.75, 3.05) is 18.2 Å². The van der Waals surface area contributed by atoms with Crippen LogP contribution in [0.25, 0.3) is 0 Å². The van der Waals surface area contributed by atoms with Gasteiger partial charge in [0.1, 0.15) is 11.6 Å². The van der Waals surface area contributed by atoms with Crippen molar-refractivity contribution in [2.24, 2.45) is 0 Å². The van der Waals surface area contributed by atoms with Gasteiger partial charge in [-0.3, -0.25) is 0 Å². The van der Waals surface area contributed by atoms with Crippen LogP contribution in [0, 0.1) is 5.82 Å². The van der Waals surface area contributed by atoms with Crippen LogP contribution in [0.15, 0.2) is 36.4 Å². The summed E-state index contributed by atoms with van der Waals surface area (Å²) in [7, 11) is 1.58. The Labute approximate surface area is 116 Å². The zero-order valence-corrected chi connectivity index (χ0v) is 11.2. The Bertz CT molecular complexity index is 590. The lowest BCUT2D eigenvalue weighted by molar-refractivity contribution is 0.410. The Hall–Kier alpha value is -1.94. The van der Waals surface area contributed by atoms with E-state index in [2.05, 4.69) is 5.32 Å². The van der Waals surface area contributed by atoms with Crippen LogP contribution in [-0.2, 0) is 6.54 Å². The Balaban J connectivity index is 2.19. The minimum Gasteiger partial charge on any atom is -0.496 e. The highest BCUT2D eigenvalue weighted by atomic mass is 35.5. The van der Waals surface area contributed by atoms with Gasteiger partial charge in [0.15, 0.2) is 0 Å². The van der Waals surface area contributed by atoms with E-state index in [9.17, 15) is 4.39 Å². The molecule has 0 heterocycles. The lowest BCUT2D eigenvalue weighted by atomic mass is 10.2. The van der Waals surface area contributed by atoms with Gasteiger partial charge in [-0.1, -0.05) is 17.7 Å². The number of anilines is 2. The van der Waals surface area contributed by atoms with Gasteiger partial charge in [0.25, 0.3) is 0 Å². The first kappa shape index (κ1) is 13.5. The van der Waals surface area contributed by atoms with Gasteiger partial charge < -0.3 is 15.8 Å². The molecule has 0 radical (unpaired) electrons. The molecule has 2 aromatic carbocycles. The van der Waals surface area contributed by atoms with E-state index in [1.807, 2.05) is 12.1 Å². The highest BCUT2D eigenvalue weighted by molar-refractivity contribution is 6.31. The molecule has 5 heteroatoms. The van der Waals surface area contributed by atoms with Crippen molar-refractivity contribution in [1.82, 2.24) is 0 Å². The molecule has 0 bridgehead atoms. The third-order valence-electron chi connectivity index (χ3n) is 2.77. The number of rotatable bonds is 4. The first-order valence-corrected chi connectivity index (χ1v) is 6.10. The molecular formula is C14H14ClFN2O. The van der Waals surface area contributed by atoms with E-state index in [-0.39, 0.29) is 5.82 Å². The maximum atomic E-state index is 12.9. The number of ether oxygens (including phenoxy) is 1. The molecule has 0 amide bonds. The van der Waals surface area contributed by atoms with Gasteiger partial charge in [0.2, 0.25) is 0 Å². The molecule has 2 rings (SSSR count). The van der Waals surface area contributed by atoms with Gasteiger partial charge >= 0.3 is 0 Å². The van der Waals surface area contributed by atoms with E-state index in [4.69, 9.17) is 22.1 Å². The predicted octanol–water partition coefficient (Wildman–Crippen LogP) is 3.68. The van der Waals surface area contributed by atoms with Crippen molar-refractivity contribution in [3.63, 3.8) is 0 Å².